The normalized spacial score (nSPS) is 13.6. The summed E-state index contributed by atoms with van der Waals surface area (Å²) in [5.74, 6) is -0.209. The monoisotopic (exact) mass is 273 g/mol. The lowest BCUT2D eigenvalue weighted by molar-refractivity contribution is -0.123. The Morgan fingerprint density at radius 1 is 1.37 bits per heavy atom. The molecule has 0 aliphatic rings. The maximum Gasteiger partial charge on any atom is 0.230 e. The fraction of sp³-hybridized carbons (Fsp3) is 0.846. The summed E-state index contributed by atoms with van der Waals surface area (Å²) in [7, 11) is 0. The third-order valence-electron chi connectivity index (χ3n) is 2.75. The van der Waals surface area contributed by atoms with Crippen molar-refractivity contribution in [3.05, 3.63) is 0 Å². The Morgan fingerprint density at radius 3 is 2.58 bits per heavy atom. The Bertz CT molecular complexity index is 280. The minimum absolute atomic E-state index is 0.0416. The molecule has 6 heteroatoms. The number of hydrogen-bond acceptors (Lipinski definition) is 4. The van der Waals surface area contributed by atoms with Gasteiger partial charge in [0.05, 0.1) is 12.5 Å². The van der Waals surface area contributed by atoms with E-state index < -0.39 is 5.92 Å². The van der Waals surface area contributed by atoms with Gasteiger partial charge in [0.2, 0.25) is 5.91 Å². The molecule has 6 nitrogen and oxygen atoms in total. The van der Waals surface area contributed by atoms with Crippen LogP contribution >= 0.6 is 0 Å². The van der Waals surface area contributed by atoms with Crippen LogP contribution in [-0.2, 0) is 9.53 Å². The van der Waals surface area contributed by atoms with Crippen LogP contribution in [0, 0.1) is 11.8 Å². The van der Waals surface area contributed by atoms with E-state index in [1.165, 1.54) is 0 Å². The van der Waals surface area contributed by atoms with Crippen LogP contribution in [0.4, 0.5) is 0 Å². The molecule has 0 heterocycles. The molecule has 0 spiro atoms. The summed E-state index contributed by atoms with van der Waals surface area (Å²) < 4.78 is 5.40. The standard InChI is InChI=1S/C13H27N3O3/c1-4-5-11(12(14)16-18)13(17)15-7-9-19-8-6-10(2)3/h10-11,18H,4-9H2,1-3H3,(H2,14,16)(H,15,17). The molecule has 0 bridgehead atoms. The second kappa shape index (κ2) is 10.6. The second-order valence-corrected chi connectivity index (χ2v) is 4.95. The van der Waals surface area contributed by atoms with E-state index in [4.69, 9.17) is 15.7 Å². The largest absolute Gasteiger partial charge is 0.409 e. The molecule has 0 aromatic heterocycles. The smallest absolute Gasteiger partial charge is 0.230 e. The number of nitrogens with two attached hydrogens (primary N) is 1. The molecular weight excluding hydrogens is 246 g/mol. The van der Waals surface area contributed by atoms with Crippen molar-refractivity contribution in [1.29, 1.82) is 0 Å². The average molecular weight is 273 g/mol. The van der Waals surface area contributed by atoms with Gasteiger partial charge in [0, 0.05) is 13.2 Å². The molecule has 0 aromatic carbocycles. The number of amidine groups is 1. The van der Waals surface area contributed by atoms with Gasteiger partial charge in [0.1, 0.15) is 0 Å². The van der Waals surface area contributed by atoms with Crippen LogP contribution in [0.5, 0.6) is 0 Å². The van der Waals surface area contributed by atoms with Crippen LogP contribution in [0.15, 0.2) is 5.16 Å². The lowest BCUT2D eigenvalue weighted by Crippen LogP contribution is -2.40. The highest BCUT2D eigenvalue weighted by molar-refractivity contribution is 6.01. The Kier molecular flexibility index (Phi) is 9.88. The minimum Gasteiger partial charge on any atom is -0.409 e. The van der Waals surface area contributed by atoms with Crippen molar-refractivity contribution in [2.75, 3.05) is 19.8 Å². The Morgan fingerprint density at radius 2 is 2.05 bits per heavy atom. The van der Waals surface area contributed by atoms with Gasteiger partial charge in [-0.25, -0.2) is 0 Å². The molecule has 19 heavy (non-hydrogen) atoms. The van der Waals surface area contributed by atoms with E-state index in [1.54, 1.807) is 0 Å². The van der Waals surface area contributed by atoms with Crippen LogP contribution in [0.2, 0.25) is 0 Å². The first-order valence-corrected chi connectivity index (χ1v) is 6.85. The molecule has 0 saturated heterocycles. The predicted molar refractivity (Wildman–Crippen MR) is 75.1 cm³/mol. The molecule has 1 unspecified atom stereocenters. The highest BCUT2D eigenvalue weighted by Gasteiger charge is 2.21. The van der Waals surface area contributed by atoms with Crippen LogP contribution in [-0.4, -0.2) is 36.7 Å². The number of nitrogens with zero attached hydrogens (tertiary/aromatic N) is 1. The van der Waals surface area contributed by atoms with Gasteiger partial charge in [-0.05, 0) is 18.8 Å². The highest BCUT2D eigenvalue weighted by atomic mass is 16.5. The van der Waals surface area contributed by atoms with Gasteiger partial charge in [0.15, 0.2) is 5.84 Å². The van der Waals surface area contributed by atoms with Gasteiger partial charge in [0.25, 0.3) is 0 Å². The van der Waals surface area contributed by atoms with E-state index >= 15 is 0 Å². The van der Waals surface area contributed by atoms with Crippen LogP contribution in [0.1, 0.15) is 40.0 Å². The first-order chi connectivity index (χ1) is 9.02. The number of amides is 1. The zero-order valence-electron chi connectivity index (χ0n) is 12.2. The van der Waals surface area contributed by atoms with E-state index in [0.717, 1.165) is 12.8 Å². The second-order valence-electron chi connectivity index (χ2n) is 4.95. The molecule has 0 aliphatic heterocycles. The lowest BCUT2D eigenvalue weighted by Gasteiger charge is -2.14. The molecular formula is C13H27N3O3. The summed E-state index contributed by atoms with van der Waals surface area (Å²) in [6.45, 7) is 7.84. The molecule has 0 aromatic rings. The third kappa shape index (κ3) is 8.42. The van der Waals surface area contributed by atoms with Gasteiger partial charge in [-0.1, -0.05) is 32.3 Å². The van der Waals surface area contributed by atoms with E-state index in [9.17, 15) is 4.79 Å². The van der Waals surface area contributed by atoms with Crippen molar-refractivity contribution in [2.24, 2.45) is 22.7 Å². The molecule has 1 amide bonds. The fourth-order valence-corrected chi connectivity index (χ4v) is 1.56. The fourth-order valence-electron chi connectivity index (χ4n) is 1.56. The summed E-state index contributed by atoms with van der Waals surface area (Å²) in [4.78, 5) is 11.8. The summed E-state index contributed by atoms with van der Waals surface area (Å²) in [6, 6.07) is 0. The highest BCUT2D eigenvalue weighted by Crippen LogP contribution is 2.06. The topological polar surface area (TPSA) is 96.9 Å². The van der Waals surface area contributed by atoms with Crippen molar-refractivity contribution in [2.45, 2.75) is 40.0 Å². The Balaban J connectivity index is 3.87. The van der Waals surface area contributed by atoms with Crippen LogP contribution in [0.25, 0.3) is 0 Å². The van der Waals surface area contributed by atoms with Crippen molar-refractivity contribution >= 4 is 11.7 Å². The summed E-state index contributed by atoms with van der Waals surface area (Å²) in [5, 5.41) is 14.3. The van der Waals surface area contributed by atoms with E-state index in [2.05, 4.69) is 24.3 Å². The molecule has 4 N–H and O–H groups in total. The quantitative estimate of drug-likeness (QED) is 0.184. The van der Waals surface area contributed by atoms with Gasteiger partial charge in [-0.3, -0.25) is 4.79 Å². The lowest BCUT2D eigenvalue weighted by atomic mass is 10.0. The number of rotatable bonds is 10. The van der Waals surface area contributed by atoms with Crippen molar-refractivity contribution in [3.8, 4) is 0 Å². The number of nitrogens with one attached hydrogen (secondary N) is 1. The molecule has 0 saturated carbocycles. The summed E-state index contributed by atoms with van der Waals surface area (Å²) in [6.07, 6.45) is 2.37. The predicted octanol–water partition coefficient (Wildman–Crippen LogP) is 1.33. The molecule has 0 radical (unpaired) electrons. The van der Waals surface area contributed by atoms with Crippen LogP contribution < -0.4 is 11.1 Å². The van der Waals surface area contributed by atoms with E-state index in [0.29, 0.717) is 32.1 Å². The zero-order valence-corrected chi connectivity index (χ0v) is 12.2. The van der Waals surface area contributed by atoms with Crippen molar-refractivity contribution in [3.63, 3.8) is 0 Å². The number of carbonyl (C=O) groups excluding carboxylic acids is 1. The Hall–Kier alpha value is -1.30. The first kappa shape index (κ1) is 17.7. The number of carbonyl (C=O) groups is 1. The molecule has 0 fully saturated rings. The zero-order chi connectivity index (χ0) is 14.7. The van der Waals surface area contributed by atoms with Gasteiger partial charge >= 0.3 is 0 Å². The average Bonchev–Trinajstić information content (AvgIpc) is 2.38. The number of ether oxygens (including phenoxy) is 1. The molecule has 112 valence electrons. The maximum atomic E-state index is 11.8. The third-order valence-corrected chi connectivity index (χ3v) is 2.75. The molecule has 0 aliphatic carbocycles. The first-order valence-electron chi connectivity index (χ1n) is 6.85. The SMILES string of the molecule is CCCC(C(=O)NCCOCCC(C)C)C(N)=NO. The molecule has 0 rings (SSSR count). The number of oxime groups is 1. The van der Waals surface area contributed by atoms with Crippen molar-refractivity contribution in [1.82, 2.24) is 5.32 Å². The summed E-state index contributed by atoms with van der Waals surface area (Å²) in [5.41, 5.74) is 5.50. The molecule has 1 atom stereocenters. The van der Waals surface area contributed by atoms with E-state index in [1.807, 2.05) is 6.92 Å². The van der Waals surface area contributed by atoms with Gasteiger partial charge < -0.3 is 21.0 Å². The summed E-state index contributed by atoms with van der Waals surface area (Å²) >= 11 is 0. The minimum atomic E-state index is -0.564. The van der Waals surface area contributed by atoms with Gasteiger partial charge in [-0.2, -0.15) is 0 Å². The maximum absolute atomic E-state index is 11.8. The van der Waals surface area contributed by atoms with Crippen LogP contribution in [0.3, 0.4) is 0 Å². The number of hydrogen-bond donors (Lipinski definition) is 3. The Labute approximate surface area is 115 Å². The van der Waals surface area contributed by atoms with Crippen molar-refractivity contribution < 1.29 is 14.7 Å². The van der Waals surface area contributed by atoms with E-state index in [-0.39, 0.29) is 11.7 Å². The van der Waals surface area contributed by atoms with Gasteiger partial charge in [-0.15, -0.1) is 0 Å².